The van der Waals surface area contributed by atoms with Gasteiger partial charge in [0.05, 0.1) is 11.6 Å². The van der Waals surface area contributed by atoms with E-state index >= 15 is 0 Å². The largest absolute Gasteiger partial charge is 0.457 e. The molecule has 0 N–H and O–H groups in total. The molecule has 0 aliphatic carbocycles. The molecule has 17 heavy (non-hydrogen) atoms. The minimum atomic E-state index is -0.588. The lowest BCUT2D eigenvalue weighted by Gasteiger charge is -2.09. The second-order valence-corrected chi connectivity index (χ2v) is 4.77. The van der Waals surface area contributed by atoms with Crippen molar-refractivity contribution in [3.8, 4) is 0 Å². The molecule has 0 fully saturated rings. The predicted octanol–water partition coefficient (Wildman–Crippen LogP) is 4.84. The number of alkyl halides is 1. The second kappa shape index (κ2) is 5.19. The Morgan fingerprint density at radius 1 is 1.24 bits per heavy atom. The third kappa shape index (κ3) is 2.69. The third-order valence-corrected chi connectivity index (χ3v) is 3.46. The van der Waals surface area contributed by atoms with Crippen LogP contribution >= 0.6 is 27.5 Å². The third-order valence-electron chi connectivity index (χ3n) is 2.43. The van der Waals surface area contributed by atoms with Crippen LogP contribution in [0.15, 0.2) is 39.6 Å². The van der Waals surface area contributed by atoms with Crippen molar-refractivity contribution in [3.63, 3.8) is 0 Å². The molecule has 1 atom stereocenters. The van der Waals surface area contributed by atoms with Crippen molar-refractivity contribution in [2.45, 2.75) is 11.8 Å². The highest BCUT2D eigenvalue weighted by Gasteiger charge is 2.18. The van der Waals surface area contributed by atoms with E-state index in [1.165, 1.54) is 24.5 Å². The molecule has 0 amide bonds. The topological polar surface area (TPSA) is 13.1 Å². The molecule has 0 bridgehead atoms. The first-order valence-electron chi connectivity index (χ1n) is 4.89. The summed E-state index contributed by atoms with van der Waals surface area (Å²) in [7, 11) is 0. The van der Waals surface area contributed by atoms with Gasteiger partial charge in [-0.15, -0.1) is 11.6 Å². The van der Waals surface area contributed by atoms with Gasteiger partial charge in [-0.2, -0.15) is 0 Å². The van der Waals surface area contributed by atoms with Crippen molar-refractivity contribution in [2.24, 2.45) is 0 Å². The summed E-state index contributed by atoms with van der Waals surface area (Å²) in [6, 6.07) is 5.42. The maximum Gasteiger partial charge on any atom is 0.173 e. The molecule has 1 unspecified atom stereocenters. The Balaban J connectivity index is 2.25. The van der Waals surface area contributed by atoms with Crippen molar-refractivity contribution < 1.29 is 13.2 Å². The SMILES string of the molecule is Fc1cccc(F)c1CC(Cl)c1ccoc1Br. The van der Waals surface area contributed by atoms with E-state index in [1.54, 1.807) is 6.07 Å². The lowest BCUT2D eigenvalue weighted by atomic mass is 10.1. The molecule has 0 saturated heterocycles. The molecule has 0 spiro atoms. The van der Waals surface area contributed by atoms with Crippen LogP contribution in [0.4, 0.5) is 8.78 Å². The first kappa shape index (κ1) is 12.6. The normalized spacial score (nSPS) is 12.7. The maximum atomic E-state index is 13.4. The zero-order valence-electron chi connectivity index (χ0n) is 8.59. The molecule has 90 valence electrons. The van der Waals surface area contributed by atoms with Gasteiger partial charge in [-0.3, -0.25) is 0 Å². The standard InChI is InChI=1S/C12H8BrClF2O/c13-12-7(4-5-17-12)9(14)6-8-10(15)2-1-3-11(8)16/h1-5,9H,6H2. The fraction of sp³-hybridized carbons (Fsp3) is 0.167. The first-order valence-corrected chi connectivity index (χ1v) is 6.12. The van der Waals surface area contributed by atoms with Gasteiger partial charge in [-0.05, 0) is 40.5 Å². The van der Waals surface area contributed by atoms with Gasteiger partial charge in [0.2, 0.25) is 0 Å². The van der Waals surface area contributed by atoms with Crippen LogP contribution in [0.1, 0.15) is 16.5 Å². The van der Waals surface area contributed by atoms with Crippen molar-refractivity contribution in [1.82, 2.24) is 0 Å². The smallest absolute Gasteiger partial charge is 0.173 e. The lowest BCUT2D eigenvalue weighted by Crippen LogP contribution is -2.01. The van der Waals surface area contributed by atoms with Gasteiger partial charge >= 0.3 is 0 Å². The number of halogens is 4. The van der Waals surface area contributed by atoms with Gasteiger partial charge < -0.3 is 4.42 Å². The molecular formula is C12H8BrClF2O. The van der Waals surface area contributed by atoms with E-state index in [0.29, 0.717) is 10.2 Å². The summed E-state index contributed by atoms with van der Waals surface area (Å²) in [5, 5.41) is -0.547. The molecule has 0 saturated carbocycles. The van der Waals surface area contributed by atoms with E-state index in [1.807, 2.05) is 0 Å². The summed E-state index contributed by atoms with van der Waals surface area (Å²) in [4.78, 5) is 0. The highest BCUT2D eigenvalue weighted by atomic mass is 79.9. The van der Waals surface area contributed by atoms with Crippen molar-refractivity contribution in [1.29, 1.82) is 0 Å². The molecule has 1 nitrogen and oxygen atoms in total. The summed E-state index contributed by atoms with van der Waals surface area (Å²) in [6.07, 6.45) is 1.53. The Morgan fingerprint density at radius 3 is 2.41 bits per heavy atom. The fourth-order valence-corrected chi connectivity index (χ4v) is 2.52. The number of furan rings is 1. The van der Waals surface area contributed by atoms with E-state index in [-0.39, 0.29) is 12.0 Å². The molecular weight excluding hydrogens is 313 g/mol. The molecule has 0 radical (unpaired) electrons. The average molecular weight is 322 g/mol. The van der Waals surface area contributed by atoms with E-state index in [2.05, 4.69) is 15.9 Å². The van der Waals surface area contributed by atoms with Crippen LogP contribution in [0.2, 0.25) is 0 Å². The average Bonchev–Trinajstić information content (AvgIpc) is 2.70. The van der Waals surface area contributed by atoms with E-state index in [0.717, 1.165) is 0 Å². The minimum Gasteiger partial charge on any atom is -0.457 e. The van der Waals surface area contributed by atoms with Crippen LogP contribution < -0.4 is 0 Å². The zero-order chi connectivity index (χ0) is 12.4. The van der Waals surface area contributed by atoms with Crippen LogP contribution in [-0.2, 0) is 6.42 Å². The van der Waals surface area contributed by atoms with Crippen molar-refractivity contribution >= 4 is 27.5 Å². The Labute approximate surface area is 111 Å². The molecule has 1 heterocycles. The van der Waals surface area contributed by atoms with Crippen molar-refractivity contribution in [2.75, 3.05) is 0 Å². The Bertz CT molecular complexity index is 507. The molecule has 0 aliphatic heterocycles. The molecule has 2 aromatic rings. The minimum absolute atomic E-state index is 0.0133. The van der Waals surface area contributed by atoms with Crippen LogP contribution in [0.3, 0.4) is 0 Å². The quantitative estimate of drug-likeness (QED) is 0.737. The molecule has 0 aliphatic rings. The zero-order valence-corrected chi connectivity index (χ0v) is 10.9. The van der Waals surface area contributed by atoms with Crippen molar-refractivity contribution in [3.05, 3.63) is 58.0 Å². The highest BCUT2D eigenvalue weighted by molar-refractivity contribution is 9.10. The number of benzene rings is 1. The summed E-state index contributed by atoms with van der Waals surface area (Å²) < 4.78 is 32.3. The summed E-state index contributed by atoms with van der Waals surface area (Å²) in [6.45, 7) is 0. The summed E-state index contributed by atoms with van der Waals surface area (Å²) in [5.74, 6) is -1.18. The monoisotopic (exact) mass is 320 g/mol. The van der Waals surface area contributed by atoms with E-state index < -0.39 is 17.0 Å². The molecule has 5 heteroatoms. The summed E-state index contributed by atoms with van der Waals surface area (Å²) in [5.41, 5.74) is 0.662. The Morgan fingerprint density at radius 2 is 1.88 bits per heavy atom. The first-order chi connectivity index (χ1) is 8.09. The fourth-order valence-electron chi connectivity index (χ4n) is 1.54. The lowest BCUT2D eigenvalue weighted by molar-refractivity contribution is 0.532. The van der Waals surface area contributed by atoms with Gasteiger partial charge in [0.15, 0.2) is 4.67 Å². The Kier molecular flexibility index (Phi) is 3.84. The van der Waals surface area contributed by atoms with Crippen LogP contribution in [0, 0.1) is 11.6 Å². The second-order valence-electron chi connectivity index (χ2n) is 3.52. The molecule has 2 rings (SSSR count). The maximum absolute atomic E-state index is 13.4. The predicted molar refractivity (Wildman–Crippen MR) is 65.1 cm³/mol. The number of hydrogen-bond acceptors (Lipinski definition) is 1. The van der Waals surface area contributed by atoms with Gasteiger partial charge in [0.1, 0.15) is 11.6 Å². The molecule has 1 aromatic carbocycles. The van der Waals surface area contributed by atoms with Gasteiger partial charge in [-0.1, -0.05) is 6.07 Å². The van der Waals surface area contributed by atoms with E-state index in [9.17, 15) is 8.78 Å². The van der Waals surface area contributed by atoms with Gasteiger partial charge in [0, 0.05) is 11.1 Å². The van der Waals surface area contributed by atoms with Crippen LogP contribution in [-0.4, -0.2) is 0 Å². The Hall–Kier alpha value is -0.870. The number of hydrogen-bond donors (Lipinski definition) is 0. The van der Waals surface area contributed by atoms with E-state index in [4.69, 9.17) is 16.0 Å². The van der Waals surface area contributed by atoms with Gasteiger partial charge in [-0.25, -0.2) is 8.78 Å². The number of rotatable bonds is 3. The van der Waals surface area contributed by atoms with Gasteiger partial charge in [0.25, 0.3) is 0 Å². The van der Waals surface area contributed by atoms with Crippen LogP contribution in [0.25, 0.3) is 0 Å². The van der Waals surface area contributed by atoms with Crippen LogP contribution in [0.5, 0.6) is 0 Å². The highest BCUT2D eigenvalue weighted by Crippen LogP contribution is 2.32. The molecule has 1 aromatic heterocycles. The summed E-state index contributed by atoms with van der Waals surface area (Å²) >= 11 is 9.29.